The van der Waals surface area contributed by atoms with Gasteiger partial charge in [-0.3, -0.25) is 0 Å². The highest BCUT2D eigenvalue weighted by Crippen LogP contribution is 2.30. The Kier molecular flexibility index (Phi) is 4.94. The summed E-state index contributed by atoms with van der Waals surface area (Å²) in [5.41, 5.74) is 2.07. The average Bonchev–Trinajstić information content (AvgIpc) is 2.42. The number of likely N-dealkylation sites (N-methyl/N-ethyl adjacent to an activating group) is 1. The first-order chi connectivity index (χ1) is 8.81. The molecule has 18 heavy (non-hydrogen) atoms. The number of benzene rings is 1. The fourth-order valence-corrected chi connectivity index (χ4v) is 2.78. The summed E-state index contributed by atoms with van der Waals surface area (Å²) in [5.74, 6) is 0.507. The van der Waals surface area contributed by atoms with Gasteiger partial charge in [0.2, 0.25) is 0 Å². The lowest BCUT2D eigenvalue weighted by Crippen LogP contribution is -2.19. The third-order valence-corrected chi connectivity index (χ3v) is 3.76. The van der Waals surface area contributed by atoms with Crippen LogP contribution in [0.1, 0.15) is 37.7 Å². The normalized spacial score (nSPS) is 18.0. The van der Waals surface area contributed by atoms with E-state index in [2.05, 4.69) is 5.32 Å². The summed E-state index contributed by atoms with van der Waals surface area (Å²) in [6.45, 7) is 0.860. The highest BCUT2D eigenvalue weighted by molar-refractivity contribution is 5.54. The third-order valence-electron chi connectivity index (χ3n) is 3.76. The number of hydrogen-bond acceptors (Lipinski definition) is 1. The van der Waals surface area contributed by atoms with Crippen molar-refractivity contribution in [2.24, 2.45) is 5.92 Å². The van der Waals surface area contributed by atoms with Gasteiger partial charge in [0.1, 0.15) is 5.82 Å². The van der Waals surface area contributed by atoms with Crippen molar-refractivity contribution in [3.8, 4) is 0 Å². The van der Waals surface area contributed by atoms with Crippen molar-refractivity contribution in [1.29, 1.82) is 0 Å². The molecule has 2 heteroatoms. The van der Waals surface area contributed by atoms with Gasteiger partial charge in [-0.15, -0.1) is 0 Å². The van der Waals surface area contributed by atoms with E-state index in [1.807, 2.05) is 25.3 Å². The Morgan fingerprint density at radius 1 is 1.28 bits per heavy atom. The van der Waals surface area contributed by atoms with E-state index in [4.69, 9.17) is 0 Å². The molecular weight excluding hydrogens is 225 g/mol. The predicted molar refractivity (Wildman–Crippen MR) is 74.9 cm³/mol. The van der Waals surface area contributed by atoms with Crippen molar-refractivity contribution in [2.45, 2.75) is 32.1 Å². The Balaban J connectivity index is 2.20. The van der Waals surface area contributed by atoms with E-state index in [0.717, 1.165) is 6.54 Å². The molecule has 98 valence electrons. The van der Waals surface area contributed by atoms with Gasteiger partial charge in [0.15, 0.2) is 0 Å². The van der Waals surface area contributed by atoms with E-state index in [-0.39, 0.29) is 5.82 Å². The molecular formula is C16H22FN. The molecule has 0 unspecified atom stereocenters. The van der Waals surface area contributed by atoms with E-state index >= 15 is 0 Å². The molecule has 0 bridgehead atoms. The van der Waals surface area contributed by atoms with Crippen molar-refractivity contribution in [3.05, 3.63) is 41.2 Å². The molecule has 0 saturated heterocycles. The monoisotopic (exact) mass is 247 g/mol. The van der Waals surface area contributed by atoms with Gasteiger partial charge >= 0.3 is 0 Å². The van der Waals surface area contributed by atoms with Crippen molar-refractivity contribution >= 4 is 6.08 Å². The van der Waals surface area contributed by atoms with E-state index < -0.39 is 0 Å². The Morgan fingerprint density at radius 2 is 2.00 bits per heavy atom. The van der Waals surface area contributed by atoms with Crippen LogP contribution in [-0.2, 0) is 0 Å². The summed E-state index contributed by atoms with van der Waals surface area (Å²) >= 11 is 0. The molecule has 1 fully saturated rings. The van der Waals surface area contributed by atoms with Crippen LogP contribution in [0.2, 0.25) is 0 Å². The van der Waals surface area contributed by atoms with Gasteiger partial charge in [-0.1, -0.05) is 49.1 Å². The molecule has 1 N–H and O–H groups in total. The average molecular weight is 247 g/mol. The summed E-state index contributed by atoms with van der Waals surface area (Å²) < 4.78 is 13.7. The van der Waals surface area contributed by atoms with Gasteiger partial charge in [0.25, 0.3) is 0 Å². The fraction of sp³-hybridized carbons (Fsp3) is 0.500. The molecule has 0 amide bonds. The number of halogens is 1. The molecule has 0 aliphatic heterocycles. The molecule has 1 saturated carbocycles. The molecule has 0 radical (unpaired) electrons. The lowest BCUT2D eigenvalue weighted by Gasteiger charge is -2.24. The van der Waals surface area contributed by atoms with E-state index in [0.29, 0.717) is 11.5 Å². The maximum Gasteiger partial charge on any atom is 0.130 e. The number of rotatable bonds is 4. The smallest absolute Gasteiger partial charge is 0.130 e. The van der Waals surface area contributed by atoms with Crippen LogP contribution in [0.5, 0.6) is 0 Å². The molecule has 0 aromatic heterocycles. The molecule has 1 aliphatic rings. The van der Waals surface area contributed by atoms with Crippen LogP contribution in [0.4, 0.5) is 4.39 Å². The van der Waals surface area contributed by atoms with Crippen LogP contribution >= 0.6 is 0 Å². The Bertz CT molecular complexity index is 405. The van der Waals surface area contributed by atoms with Crippen LogP contribution in [-0.4, -0.2) is 13.6 Å². The van der Waals surface area contributed by atoms with Crippen LogP contribution in [0.15, 0.2) is 29.8 Å². The van der Waals surface area contributed by atoms with Crippen molar-refractivity contribution < 1.29 is 4.39 Å². The standard InChI is InChI=1S/C16H22FN/c1-18-12-15(13-7-3-2-4-8-13)11-14-9-5-6-10-16(14)17/h5-6,9-11,13,18H,2-4,7-8,12H2,1H3. The largest absolute Gasteiger partial charge is 0.316 e. The van der Waals surface area contributed by atoms with Gasteiger partial charge in [0.05, 0.1) is 0 Å². The minimum absolute atomic E-state index is 0.123. The summed E-state index contributed by atoms with van der Waals surface area (Å²) in [6.07, 6.45) is 8.51. The Hall–Kier alpha value is -1.15. The first-order valence-electron chi connectivity index (χ1n) is 6.91. The second kappa shape index (κ2) is 6.69. The SMILES string of the molecule is CNCC(=Cc1ccccc1F)C1CCCCC1. The molecule has 2 rings (SSSR count). The predicted octanol–water partition coefficient (Wildman–Crippen LogP) is 4.01. The molecule has 1 aromatic carbocycles. The second-order valence-electron chi connectivity index (χ2n) is 5.11. The Morgan fingerprint density at radius 3 is 2.67 bits per heavy atom. The molecule has 0 atom stereocenters. The highest BCUT2D eigenvalue weighted by atomic mass is 19.1. The summed E-state index contributed by atoms with van der Waals surface area (Å²) in [4.78, 5) is 0. The zero-order valence-corrected chi connectivity index (χ0v) is 11.1. The summed E-state index contributed by atoms with van der Waals surface area (Å²) in [7, 11) is 1.96. The van der Waals surface area contributed by atoms with E-state index in [1.165, 1.54) is 43.7 Å². The van der Waals surface area contributed by atoms with Gasteiger partial charge in [-0.2, -0.15) is 0 Å². The van der Waals surface area contributed by atoms with Crippen LogP contribution in [0.25, 0.3) is 6.08 Å². The van der Waals surface area contributed by atoms with Crippen molar-refractivity contribution in [2.75, 3.05) is 13.6 Å². The quantitative estimate of drug-likeness (QED) is 0.847. The zero-order valence-electron chi connectivity index (χ0n) is 11.1. The topological polar surface area (TPSA) is 12.0 Å². The van der Waals surface area contributed by atoms with Gasteiger partial charge in [-0.05, 0) is 31.9 Å². The lowest BCUT2D eigenvalue weighted by atomic mass is 9.83. The lowest BCUT2D eigenvalue weighted by molar-refractivity contribution is 0.398. The first kappa shape index (κ1) is 13.3. The van der Waals surface area contributed by atoms with Gasteiger partial charge in [0, 0.05) is 12.1 Å². The molecule has 0 spiro atoms. The molecule has 0 heterocycles. The van der Waals surface area contributed by atoms with E-state index in [1.54, 1.807) is 6.07 Å². The molecule has 1 aliphatic carbocycles. The second-order valence-corrected chi connectivity index (χ2v) is 5.11. The third kappa shape index (κ3) is 3.42. The summed E-state index contributed by atoms with van der Waals surface area (Å²) in [5, 5.41) is 3.21. The van der Waals surface area contributed by atoms with Crippen LogP contribution in [0, 0.1) is 11.7 Å². The highest BCUT2D eigenvalue weighted by Gasteiger charge is 2.17. The van der Waals surface area contributed by atoms with Crippen LogP contribution in [0.3, 0.4) is 0 Å². The maximum atomic E-state index is 13.7. The number of nitrogens with one attached hydrogen (secondary N) is 1. The van der Waals surface area contributed by atoms with E-state index in [9.17, 15) is 4.39 Å². The van der Waals surface area contributed by atoms with Crippen molar-refractivity contribution in [1.82, 2.24) is 5.32 Å². The first-order valence-corrected chi connectivity index (χ1v) is 6.91. The number of hydrogen-bond donors (Lipinski definition) is 1. The maximum absolute atomic E-state index is 13.7. The van der Waals surface area contributed by atoms with Gasteiger partial charge < -0.3 is 5.32 Å². The Labute approximate surface area is 109 Å². The zero-order chi connectivity index (χ0) is 12.8. The summed E-state index contributed by atoms with van der Waals surface area (Å²) in [6, 6.07) is 7.02. The minimum Gasteiger partial charge on any atom is -0.316 e. The van der Waals surface area contributed by atoms with Gasteiger partial charge in [-0.25, -0.2) is 4.39 Å². The van der Waals surface area contributed by atoms with Crippen LogP contribution < -0.4 is 5.32 Å². The molecule has 1 aromatic rings. The fourth-order valence-electron chi connectivity index (χ4n) is 2.78. The minimum atomic E-state index is -0.123. The van der Waals surface area contributed by atoms with Crippen molar-refractivity contribution in [3.63, 3.8) is 0 Å². The molecule has 1 nitrogen and oxygen atoms in total.